The van der Waals surface area contributed by atoms with E-state index < -0.39 is 15.5 Å². The van der Waals surface area contributed by atoms with Gasteiger partial charge in [-0.15, -0.1) is 23.2 Å². The number of pyridine rings is 1. The summed E-state index contributed by atoms with van der Waals surface area (Å²) in [6.07, 6.45) is 2.83. The number of fused-ring (bicyclic) bond motifs is 1. The minimum absolute atomic E-state index is 0.204. The third-order valence-electron chi connectivity index (χ3n) is 7.45. The standard InChI is InChI=1S/C29H41Cl2N3O4/c1-26(2,3)19-15-20(18-9-11-29(30,31)12-10-18)32-21-16-22(37-23(19)21)24(35)34-14-13-33(17-28(34,7)8)25(36)38-27(4,5)6/h15-16,18H,9-14,17H2,1-8H3. The first kappa shape index (κ1) is 29.0. The molecule has 7 nitrogen and oxygen atoms in total. The molecule has 210 valence electrons. The lowest BCUT2D eigenvalue weighted by molar-refractivity contribution is -0.0117. The lowest BCUT2D eigenvalue weighted by Gasteiger charge is -2.46. The summed E-state index contributed by atoms with van der Waals surface area (Å²) in [6, 6.07) is 3.90. The Balaban J connectivity index is 1.61. The maximum absolute atomic E-state index is 13.7. The van der Waals surface area contributed by atoms with E-state index in [2.05, 4.69) is 26.8 Å². The van der Waals surface area contributed by atoms with E-state index in [1.807, 2.05) is 34.6 Å². The van der Waals surface area contributed by atoms with Gasteiger partial charge in [-0.3, -0.25) is 4.79 Å². The SMILES string of the molecule is CC(C)(C)OC(=O)N1CCN(C(=O)c2cc3nc(C4CCC(Cl)(Cl)CC4)cc(C(C)(C)C)c3o2)C(C)(C)C1. The van der Waals surface area contributed by atoms with Crippen molar-refractivity contribution in [1.82, 2.24) is 14.8 Å². The van der Waals surface area contributed by atoms with Crippen molar-refractivity contribution < 1.29 is 18.7 Å². The van der Waals surface area contributed by atoms with E-state index in [-0.39, 0.29) is 29.1 Å². The van der Waals surface area contributed by atoms with Crippen molar-refractivity contribution in [3.05, 3.63) is 29.2 Å². The molecule has 2 aromatic rings. The fourth-order valence-electron chi connectivity index (χ4n) is 5.40. The zero-order valence-corrected chi connectivity index (χ0v) is 25.4. The second-order valence-corrected chi connectivity index (χ2v) is 15.1. The molecule has 3 heterocycles. The zero-order valence-electron chi connectivity index (χ0n) is 23.9. The molecule has 38 heavy (non-hydrogen) atoms. The molecule has 0 atom stereocenters. The molecule has 0 radical (unpaired) electrons. The number of rotatable bonds is 2. The van der Waals surface area contributed by atoms with E-state index in [1.54, 1.807) is 15.9 Å². The second-order valence-electron chi connectivity index (χ2n) is 13.5. The number of hydrogen-bond acceptors (Lipinski definition) is 5. The molecule has 1 aliphatic heterocycles. The van der Waals surface area contributed by atoms with Crippen LogP contribution in [0.2, 0.25) is 0 Å². The molecule has 0 bridgehead atoms. The van der Waals surface area contributed by atoms with Gasteiger partial charge in [0.25, 0.3) is 5.91 Å². The van der Waals surface area contributed by atoms with E-state index in [0.29, 0.717) is 30.7 Å². The van der Waals surface area contributed by atoms with Crippen LogP contribution in [0.15, 0.2) is 16.5 Å². The summed E-state index contributed by atoms with van der Waals surface area (Å²) in [5, 5.41) is 0. The molecular formula is C29H41Cl2N3O4. The number of aromatic nitrogens is 1. The quantitative estimate of drug-likeness (QED) is 0.354. The van der Waals surface area contributed by atoms with E-state index in [4.69, 9.17) is 37.3 Å². The molecule has 1 saturated carbocycles. The van der Waals surface area contributed by atoms with E-state index in [0.717, 1.165) is 36.9 Å². The molecule has 0 spiro atoms. The third-order valence-corrected chi connectivity index (χ3v) is 8.21. The van der Waals surface area contributed by atoms with Gasteiger partial charge in [-0.1, -0.05) is 20.8 Å². The van der Waals surface area contributed by atoms with Gasteiger partial charge in [-0.2, -0.15) is 0 Å². The number of piperazine rings is 1. The van der Waals surface area contributed by atoms with Crippen LogP contribution in [0.25, 0.3) is 11.1 Å². The maximum Gasteiger partial charge on any atom is 0.410 e. The first-order valence-electron chi connectivity index (χ1n) is 13.5. The van der Waals surface area contributed by atoms with Gasteiger partial charge < -0.3 is 19.0 Å². The first-order chi connectivity index (χ1) is 17.4. The molecule has 0 aromatic carbocycles. The van der Waals surface area contributed by atoms with Crippen LogP contribution in [0.3, 0.4) is 0 Å². The molecule has 0 unspecified atom stereocenters. The summed E-state index contributed by atoms with van der Waals surface area (Å²) in [6.45, 7) is 17.0. The van der Waals surface area contributed by atoms with Gasteiger partial charge in [0.05, 0.1) is 5.54 Å². The van der Waals surface area contributed by atoms with Gasteiger partial charge in [0.2, 0.25) is 0 Å². The molecule has 2 aromatic heterocycles. The Bertz CT molecular complexity index is 1210. The summed E-state index contributed by atoms with van der Waals surface area (Å²) in [5.74, 6) is 0.322. The molecule has 2 fully saturated rings. The highest BCUT2D eigenvalue weighted by atomic mass is 35.5. The van der Waals surface area contributed by atoms with E-state index in [9.17, 15) is 9.59 Å². The number of furan rings is 1. The van der Waals surface area contributed by atoms with Crippen molar-refractivity contribution >= 4 is 46.3 Å². The number of alkyl halides is 2. The van der Waals surface area contributed by atoms with Gasteiger partial charge >= 0.3 is 6.09 Å². The average molecular weight is 567 g/mol. The van der Waals surface area contributed by atoms with Crippen LogP contribution in [0.5, 0.6) is 0 Å². The summed E-state index contributed by atoms with van der Waals surface area (Å²) in [5.41, 5.74) is 1.98. The van der Waals surface area contributed by atoms with Gasteiger partial charge in [-0.25, -0.2) is 9.78 Å². The number of halogens is 2. The molecular weight excluding hydrogens is 525 g/mol. The van der Waals surface area contributed by atoms with Crippen LogP contribution in [-0.2, 0) is 10.2 Å². The minimum Gasteiger partial charge on any atom is -0.449 e. The van der Waals surface area contributed by atoms with Gasteiger partial charge in [-0.05, 0) is 71.8 Å². The molecule has 0 N–H and O–H groups in total. The van der Waals surface area contributed by atoms with Crippen molar-refractivity contribution in [1.29, 1.82) is 0 Å². The number of nitrogens with zero attached hydrogens (tertiary/aromatic N) is 3. The second kappa shape index (κ2) is 9.88. The number of hydrogen-bond donors (Lipinski definition) is 0. The highest BCUT2D eigenvalue weighted by molar-refractivity contribution is 6.48. The fraction of sp³-hybridized carbons (Fsp3) is 0.690. The number of amides is 2. The Morgan fingerprint density at radius 1 is 1.05 bits per heavy atom. The third kappa shape index (κ3) is 6.25. The van der Waals surface area contributed by atoms with Crippen molar-refractivity contribution in [2.24, 2.45) is 0 Å². The van der Waals surface area contributed by atoms with Crippen LogP contribution in [0.4, 0.5) is 4.79 Å². The normalized spacial score (nSPS) is 20.6. The molecule has 1 aliphatic carbocycles. The number of ether oxygens (including phenoxy) is 1. The summed E-state index contributed by atoms with van der Waals surface area (Å²) >= 11 is 12.7. The highest BCUT2D eigenvalue weighted by Crippen LogP contribution is 2.45. The van der Waals surface area contributed by atoms with Crippen molar-refractivity contribution in [3.63, 3.8) is 0 Å². The smallest absolute Gasteiger partial charge is 0.410 e. The van der Waals surface area contributed by atoms with Crippen LogP contribution in [-0.4, -0.2) is 61.9 Å². The molecule has 9 heteroatoms. The monoisotopic (exact) mass is 565 g/mol. The minimum atomic E-state index is -0.664. The van der Waals surface area contributed by atoms with E-state index in [1.165, 1.54) is 0 Å². The molecule has 1 saturated heterocycles. The zero-order chi connectivity index (χ0) is 28.3. The highest BCUT2D eigenvalue weighted by Gasteiger charge is 2.41. The molecule has 2 amide bonds. The molecule has 2 aliphatic rings. The lowest BCUT2D eigenvalue weighted by Crippen LogP contribution is -2.62. The van der Waals surface area contributed by atoms with Gasteiger partial charge in [0.15, 0.2) is 11.3 Å². The average Bonchev–Trinajstić information content (AvgIpc) is 3.19. The summed E-state index contributed by atoms with van der Waals surface area (Å²) in [7, 11) is 0. The van der Waals surface area contributed by atoms with Crippen molar-refractivity contribution in [2.45, 2.75) is 108 Å². The Labute approximate surface area is 236 Å². The Kier molecular flexibility index (Phi) is 7.54. The number of carbonyl (C=O) groups excluding carboxylic acids is 2. The Morgan fingerprint density at radius 3 is 2.24 bits per heavy atom. The summed E-state index contributed by atoms with van der Waals surface area (Å²) in [4.78, 5) is 34.8. The lowest BCUT2D eigenvalue weighted by atomic mass is 9.82. The molecule has 4 rings (SSSR count). The van der Waals surface area contributed by atoms with E-state index >= 15 is 0 Å². The van der Waals surface area contributed by atoms with Crippen molar-refractivity contribution in [3.8, 4) is 0 Å². The van der Waals surface area contributed by atoms with Crippen LogP contribution >= 0.6 is 23.2 Å². The number of carbonyl (C=O) groups is 2. The van der Waals surface area contributed by atoms with Crippen LogP contribution in [0, 0.1) is 0 Å². The van der Waals surface area contributed by atoms with Crippen molar-refractivity contribution in [2.75, 3.05) is 19.6 Å². The van der Waals surface area contributed by atoms with Gasteiger partial charge in [0, 0.05) is 42.9 Å². The van der Waals surface area contributed by atoms with Crippen LogP contribution in [0.1, 0.15) is 109 Å². The topological polar surface area (TPSA) is 75.9 Å². The predicted octanol–water partition coefficient (Wildman–Crippen LogP) is 7.43. The van der Waals surface area contributed by atoms with Gasteiger partial charge in [0.1, 0.15) is 15.5 Å². The first-order valence-corrected chi connectivity index (χ1v) is 14.2. The predicted molar refractivity (Wildman–Crippen MR) is 151 cm³/mol. The Morgan fingerprint density at radius 2 is 1.68 bits per heavy atom. The summed E-state index contributed by atoms with van der Waals surface area (Å²) < 4.78 is 11.1. The maximum atomic E-state index is 13.7. The largest absolute Gasteiger partial charge is 0.449 e. The van der Waals surface area contributed by atoms with Crippen LogP contribution < -0.4 is 0 Å². The Hall–Kier alpha value is -1.99. The fourth-order valence-corrected chi connectivity index (χ4v) is 5.83.